The number of hydrogen-bond donors (Lipinski definition) is 2. The summed E-state index contributed by atoms with van der Waals surface area (Å²) in [7, 11) is 0. The highest BCUT2D eigenvalue weighted by atomic mass is 16.2. The highest BCUT2D eigenvalue weighted by Gasteiger charge is 2.31. The number of hydrogen-bond acceptors (Lipinski definition) is 7. The first kappa shape index (κ1) is 18.1. The molecule has 0 aromatic carbocycles. The number of nitrogens with two attached hydrogens (primary N) is 1. The molecule has 28 heavy (non-hydrogen) atoms. The lowest BCUT2D eigenvalue weighted by molar-refractivity contribution is -0.138. The molecule has 2 aromatic rings. The maximum atomic E-state index is 12.5. The maximum Gasteiger partial charge on any atom is 0.279 e. The molecule has 4 rings (SSSR count). The summed E-state index contributed by atoms with van der Waals surface area (Å²) in [6.07, 6.45) is 6.33. The predicted octanol–water partition coefficient (Wildman–Crippen LogP) is 1.65. The van der Waals surface area contributed by atoms with Crippen LogP contribution in [0.5, 0.6) is 0 Å². The summed E-state index contributed by atoms with van der Waals surface area (Å²) in [5, 5.41) is 2.67. The molecule has 0 atom stereocenters. The number of piperazine rings is 1. The average molecular weight is 385 g/mol. The molecule has 1 saturated carbocycles. The average Bonchev–Trinajstić information content (AvgIpc) is 2.68. The maximum absolute atomic E-state index is 12.5. The second kappa shape index (κ2) is 7.79. The van der Waals surface area contributed by atoms with E-state index in [9.17, 15) is 9.59 Å². The van der Waals surface area contributed by atoms with E-state index in [-0.39, 0.29) is 26.2 Å². The summed E-state index contributed by atoms with van der Waals surface area (Å²) in [6.45, 7) is 2.60. The monoisotopic (exact) mass is 385 g/mol. The molecule has 9 nitrogen and oxygen atoms in total. The zero-order chi connectivity index (χ0) is 19.5. The van der Waals surface area contributed by atoms with Crippen LogP contribution in [-0.4, -0.2) is 57.8 Å². The highest BCUT2D eigenvalue weighted by molar-refractivity contribution is 6.05. The van der Waals surface area contributed by atoms with E-state index in [1.165, 1.54) is 0 Å². The van der Waals surface area contributed by atoms with Crippen LogP contribution in [0.2, 0.25) is 0 Å². The minimum absolute atomic E-state index is 0. The first-order valence-corrected chi connectivity index (χ1v) is 9.50. The van der Waals surface area contributed by atoms with Gasteiger partial charge in [-0.3, -0.25) is 9.59 Å². The van der Waals surface area contributed by atoms with Crippen molar-refractivity contribution in [3.05, 3.63) is 36.3 Å². The molecule has 3 heterocycles. The number of anilines is 3. The Kier molecular flexibility index (Phi) is 5.05. The van der Waals surface area contributed by atoms with Crippen molar-refractivity contribution in [2.75, 3.05) is 42.1 Å². The summed E-state index contributed by atoms with van der Waals surface area (Å²) < 4.78 is 0. The zero-order valence-corrected chi connectivity index (χ0v) is 15.5. The predicted molar refractivity (Wildman–Crippen MR) is 109 cm³/mol. The number of amides is 2. The van der Waals surface area contributed by atoms with E-state index < -0.39 is 5.91 Å². The van der Waals surface area contributed by atoms with Crippen molar-refractivity contribution in [1.82, 2.24) is 19.9 Å². The first-order chi connectivity index (χ1) is 13.6. The normalized spacial score (nSPS) is 17.1. The van der Waals surface area contributed by atoms with Crippen molar-refractivity contribution in [2.24, 2.45) is 5.92 Å². The Morgan fingerprint density at radius 2 is 1.93 bits per heavy atom. The zero-order valence-electron chi connectivity index (χ0n) is 15.5. The van der Waals surface area contributed by atoms with E-state index in [1.807, 2.05) is 9.80 Å². The molecule has 3 N–H and O–H groups in total. The first-order valence-electron chi connectivity index (χ1n) is 9.50. The Labute approximate surface area is 165 Å². The van der Waals surface area contributed by atoms with Gasteiger partial charge < -0.3 is 20.9 Å². The van der Waals surface area contributed by atoms with E-state index in [1.54, 1.807) is 30.6 Å². The van der Waals surface area contributed by atoms with Crippen molar-refractivity contribution in [2.45, 2.75) is 19.3 Å². The van der Waals surface area contributed by atoms with Gasteiger partial charge in [-0.25, -0.2) is 15.0 Å². The molecule has 0 spiro atoms. The Morgan fingerprint density at radius 1 is 1.14 bits per heavy atom. The van der Waals surface area contributed by atoms with E-state index >= 15 is 0 Å². The number of carbonyl (C=O) groups is 2. The third-order valence-electron chi connectivity index (χ3n) is 5.28. The molecule has 2 fully saturated rings. The molecular weight excluding hydrogens is 358 g/mol. The van der Waals surface area contributed by atoms with E-state index in [0.29, 0.717) is 37.8 Å². The topological polar surface area (TPSA) is 117 Å². The van der Waals surface area contributed by atoms with Crippen LogP contribution in [0, 0.1) is 5.92 Å². The van der Waals surface area contributed by atoms with Crippen LogP contribution >= 0.6 is 0 Å². The lowest BCUT2D eigenvalue weighted by Crippen LogP contribution is -2.51. The van der Waals surface area contributed by atoms with E-state index in [4.69, 9.17) is 5.73 Å². The quantitative estimate of drug-likeness (QED) is 0.821. The van der Waals surface area contributed by atoms with Crippen molar-refractivity contribution in [3.63, 3.8) is 0 Å². The second-order valence-electron chi connectivity index (χ2n) is 7.07. The van der Waals surface area contributed by atoms with E-state index in [0.717, 1.165) is 19.3 Å². The Balaban J connectivity index is 0.00000160. The van der Waals surface area contributed by atoms with Gasteiger partial charge in [0, 0.05) is 41.1 Å². The number of pyridine rings is 1. The van der Waals surface area contributed by atoms with E-state index in [2.05, 4.69) is 20.3 Å². The van der Waals surface area contributed by atoms with Crippen molar-refractivity contribution < 1.29 is 12.4 Å². The molecule has 0 radical (unpaired) electrons. The molecule has 1 saturated heterocycles. The summed E-state index contributed by atoms with van der Waals surface area (Å²) in [6, 6.07) is 5.22. The van der Waals surface area contributed by atoms with Crippen LogP contribution in [0.3, 0.4) is 0 Å². The van der Waals surface area contributed by atoms with Gasteiger partial charge in [-0.1, -0.05) is 12.5 Å². The molecule has 0 unspecified atom stereocenters. The number of aromatic nitrogens is 3. The van der Waals surface area contributed by atoms with Crippen LogP contribution in [0.4, 0.5) is 17.5 Å². The number of nitrogen functional groups attached to an aromatic ring is 1. The Hall–Kier alpha value is -3.23. The largest absolute Gasteiger partial charge is 0.382 e. The lowest BCUT2D eigenvalue weighted by Gasteiger charge is -2.38. The molecular formula is C19H27N7O2. The molecule has 9 heteroatoms. The number of carbonyl (C=O) groups excluding carboxylic acids is 2. The third kappa shape index (κ3) is 3.73. The van der Waals surface area contributed by atoms with Crippen LogP contribution in [-0.2, 0) is 4.79 Å². The van der Waals surface area contributed by atoms with Crippen molar-refractivity contribution >= 4 is 29.3 Å². The number of rotatable bonds is 4. The molecule has 2 amide bonds. The fourth-order valence-electron chi connectivity index (χ4n) is 3.39. The summed E-state index contributed by atoms with van der Waals surface area (Å²) in [5.41, 5.74) is 5.93. The van der Waals surface area contributed by atoms with Crippen molar-refractivity contribution in [3.8, 4) is 0 Å². The van der Waals surface area contributed by atoms with Crippen LogP contribution in [0.25, 0.3) is 0 Å². The smallest absolute Gasteiger partial charge is 0.279 e. The second-order valence-corrected chi connectivity index (χ2v) is 7.07. The fraction of sp³-hybridized carbons (Fsp3) is 0.421. The van der Waals surface area contributed by atoms with Gasteiger partial charge in [0.2, 0.25) is 5.91 Å². The molecule has 0 bridgehead atoms. The summed E-state index contributed by atoms with van der Waals surface area (Å²) in [4.78, 5) is 41.5. The van der Waals surface area contributed by atoms with Gasteiger partial charge in [-0.05, 0) is 25.0 Å². The summed E-state index contributed by atoms with van der Waals surface area (Å²) in [5.74, 6) is 1.09. The molecule has 150 valence electrons. The van der Waals surface area contributed by atoms with Gasteiger partial charge >= 0.3 is 0 Å². The van der Waals surface area contributed by atoms with Crippen LogP contribution in [0.15, 0.2) is 30.6 Å². The Bertz CT molecular complexity index is 872. The molecule has 2 aromatic heterocycles. The van der Waals surface area contributed by atoms with Gasteiger partial charge in [0.1, 0.15) is 11.6 Å². The van der Waals surface area contributed by atoms with Gasteiger partial charge in [-0.2, -0.15) is 0 Å². The minimum Gasteiger partial charge on any atom is -0.382 e. The fourth-order valence-corrected chi connectivity index (χ4v) is 3.39. The van der Waals surface area contributed by atoms with Crippen LogP contribution < -0.4 is 16.0 Å². The SMILES string of the molecule is Nc1ncc(N2CCN(C(=O)C3CCC3)CC2)nc1C(=O)Nc1ccccn1.[HH].[HH]. The minimum atomic E-state index is -0.454. The van der Waals surface area contributed by atoms with Gasteiger partial charge in [0.25, 0.3) is 5.91 Å². The standard InChI is InChI=1S/C19H23N7O2.2H2/c20-17-16(18(27)23-14-6-1-2-7-21-14)24-15(12-22-17)25-8-10-26(11-9-25)19(28)13-4-3-5-13;;/h1-2,6-7,12-13H,3-5,8-11H2,(H2,20,22)(H,21,23,27);2*1H. The van der Waals surface area contributed by atoms with Crippen LogP contribution in [0.1, 0.15) is 32.6 Å². The van der Waals surface area contributed by atoms with Gasteiger partial charge in [0.05, 0.1) is 6.20 Å². The number of nitrogens with zero attached hydrogens (tertiary/aromatic N) is 5. The van der Waals surface area contributed by atoms with Gasteiger partial charge in [-0.15, -0.1) is 0 Å². The summed E-state index contributed by atoms with van der Waals surface area (Å²) >= 11 is 0. The van der Waals surface area contributed by atoms with Crippen molar-refractivity contribution in [1.29, 1.82) is 0 Å². The molecule has 1 aliphatic carbocycles. The highest BCUT2D eigenvalue weighted by Crippen LogP contribution is 2.29. The Morgan fingerprint density at radius 3 is 2.57 bits per heavy atom. The lowest BCUT2D eigenvalue weighted by atomic mass is 9.84. The number of nitrogens with one attached hydrogen (secondary N) is 1. The third-order valence-corrected chi connectivity index (χ3v) is 5.28. The van der Waals surface area contributed by atoms with Gasteiger partial charge in [0.15, 0.2) is 11.5 Å². The molecule has 1 aliphatic heterocycles. The molecule has 2 aliphatic rings.